The number of likely N-dealkylation sites (tertiary alicyclic amines) is 1. The fourth-order valence-corrected chi connectivity index (χ4v) is 3.36. The highest BCUT2D eigenvalue weighted by molar-refractivity contribution is 5.97. The number of carboxylic acid groups (broad SMARTS) is 1. The topological polar surface area (TPSA) is 95.9 Å². The van der Waals surface area contributed by atoms with Crippen molar-refractivity contribution in [3.63, 3.8) is 0 Å². The summed E-state index contributed by atoms with van der Waals surface area (Å²) in [6, 6.07) is 4.73. The van der Waals surface area contributed by atoms with Crippen LogP contribution in [0.5, 0.6) is 0 Å². The molecule has 7 heteroatoms. The number of hydrogen-bond acceptors (Lipinski definition) is 4. The molecule has 0 aliphatic carbocycles. The molecule has 1 saturated heterocycles. The summed E-state index contributed by atoms with van der Waals surface area (Å²) in [7, 11) is 1.56. The molecule has 1 aliphatic rings. The number of rotatable bonds is 7. The molecular weight excluding hydrogens is 348 g/mol. The van der Waals surface area contributed by atoms with E-state index in [0.717, 1.165) is 5.56 Å². The molecule has 1 fully saturated rings. The lowest BCUT2D eigenvalue weighted by molar-refractivity contribution is -0.138. The van der Waals surface area contributed by atoms with Gasteiger partial charge in [0.2, 0.25) is 5.91 Å². The van der Waals surface area contributed by atoms with E-state index in [1.54, 1.807) is 30.2 Å². The van der Waals surface area contributed by atoms with Crippen LogP contribution in [-0.2, 0) is 14.3 Å². The molecule has 1 aromatic carbocycles. The highest BCUT2D eigenvalue weighted by Crippen LogP contribution is 2.26. The van der Waals surface area contributed by atoms with E-state index in [1.807, 2.05) is 20.8 Å². The van der Waals surface area contributed by atoms with Crippen LogP contribution in [0.3, 0.4) is 0 Å². The molecule has 1 heterocycles. The summed E-state index contributed by atoms with van der Waals surface area (Å²) in [6.45, 7) is 6.16. The molecule has 0 bridgehead atoms. The summed E-state index contributed by atoms with van der Waals surface area (Å²) in [5.74, 6) is -0.949. The maximum absolute atomic E-state index is 12.9. The Morgan fingerprint density at radius 1 is 1.33 bits per heavy atom. The molecule has 0 saturated carbocycles. The van der Waals surface area contributed by atoms with Gasteiger partial charge in [-0.2, -0.15) is 0 Å². The normalized spacial score (nSPS) is 19.4. The SMILES string of the molecule is COC1CC(CC(=O)O)N(C(=O)c2ccc(NC(=O)CC(C)C)c(C)c2)C1. The average molecular weight is 376 g/mol. The van der Waals surface area contributed by atoms with Gasteiger partial charge in [-0.3, -0.25) is 14.4 Å². The number of methoxy groups -OCH3 is 1. The summed E-state index contributed by atoms with van der Waals surface area (Å²) < 4.78 is 5.32. The maximum atomic E-state index is 12.9. The van der Waals surface area contributed by atoms with Crippen LogP contribution in [0.2, 0.25) is 0 Å². The van der Waals surface area contributed by atoms with Crippen LogP contribution < -0.4 is 5.32 Å². The van der Waals surface area contributed by atoms with Crippen molar-refractivity contribution in [2.45, 2.75) is 52.2 Å². The van der Waals surface area contributed by atoms with E-state index in [4.69, 9.17) is 9.84 Å². The van der Waals surface area contributed by atoms with Gasteiger partial charge in [-0.05, 0) is 43.0 Å². The minimum absolute atomic E-state index is 0.0591. The second-order valence-electron chi connectivity index (χ2n) is 7.48. The Labute approximate surface area is 159 Å². The first kappa shape index (κ1) is 20.9. The average Bonchev–Trinajstić information content (AvgIpc) is 2.97. The van der Waals surface area contributed by atoms with Crippen molar-refractivity contribution < 1.29 is 24.2 Å². The quantitative estimate of drug-likeness (QED) is 0.763. The van der Waals surface area contributed by atoms with Crippen LogP contribution in [0, 0.1) is 12.8 Å². The third kappa shape index (κ3) is 5.53. The predicted molar refractivity (Wildman–Crippen MR) is 102 cm³/mol. The lowest BCUT2D eigenvalue weighted by Crippen LogP contribution is -2.37. The van der Waals surface area contributed by atoms with Crippen molar-refractivity contribution in [1.29, 1.82) is 0 Å². The van der Waals surface area contributed by atoms with Crippen LogP contribution in [-0.4, -0.2) is 53.6 Å². The van der Waals surface area contributed by atoms with E-state index in [9.17, 15) is 14.4 Å². The Kier molecular flexibility index (Phi) is 6.96. The molecule has 7 nitrogen and oxygen atoms in total. The zero-order chi connectivity index (χ0) is 20.1. The smallest absolute Gasteiger partial charge is 0.305 e. The predicted octanol–water partition coefficient (Wildman–Crippen LogP) is 2.68. The molecule has 2 amide bonds. The van der Waals surface area contributed by atoms with Crippen molar-refractivity contribution in [2.24, 2.45) is 5.92 Å². The van der Waals surface area contributed by atoms with Crippen molar-refractivity contribution in [2.75, 3.05) is 19.0 Å². The maximum Gasteiger partial charge on any atom is 0.305 e. The summed E-state index contributed by atoms with van der Waals surface area (Å²) in [5.41, 5.74) is 1.94. The minimum atomic E-state index is -0.936. The number of anilines is 1. The molecule has 2 rings (SSSR count). The molecule has 148 valence electrons. The Morgan fingerprint density at radius 2 is 2.04 bits per heavy atom. The van der Waals surface area contributed by atoms with Gasteiger partial charge < -0.3 is 20.1 Å². The third-order valence-electron chi connectivity index (χ3n) is 4.72. The second kappa shape index (κ2) is 8.99. The molecule has 0 radical (unpaired) electrons. The Morgan fingerprint density at radius 3 is 2.59 bits per heavy atom. The number of ether oxygens (including phenoxy) is 1. The van der Waals surface area contributed by atoms with Gasteiger partial charge in [-0.25, -0.2) is 0 Å². The number of amides is 2. The van der Waals surface area contributed by atoms with Crippen molar-refractivity contribution in [1.82, 2.24) is 4.90 Å². The summed E-state index contributed by atoms with van der Waals surface area (Å²) in [4.78, 5) is 37.6. The van der Waals surface area contributed by atoms with Crippen LogP contribution in [0.1, 0.15) is 49.0 Å². The van der Waals surface area contributed by atoms with E-state index in [2.05, 4.69) is 5.32 Å². The molecule has 2 atom stereocenters. The molecule has 0 spiro atoms. The van der Waals surface area contributed by atoms with Gasteiger partial charge in [0.05, 0.1) is 12.5 Å². The van der Waals surface area contributed by atoms with Crippen molar-refractivity contribution in [3.05, 3.63) is 29.3 Å². The highest BCUT2D eigenvalue weighted by atomic mass is 16.5. The molecule has 1 aromatic rings. The number of nitrogens with one attached hydrogen (secondary N) is 1. The highest BCUT2D eigenvalue weighted by Gasteiger charge is 2.37. The first-order chi connectivity index (χ1) is 12.7. The van der Waals surface area contributed by atoms with E-state index < -0.39 is 5.97 Å². The molecule has 27 heavy (non-hydrogen) atoms. The van der Waals surface area contributed by atoms with Crippen molar-refractivity contribution >= 4 is 23.5 Å². The molecule has 1 aliphatic heterocycles. The number of hydrogen-bond donors (Lipinski definition) is 2. The first-order valence-electron chi connectivity index (χ1n) is 9.17. The third-order valence-corrected chi connectivity index (χ3v) is 4.72. The summed E-state index contributed by atoms with van der Waals surface area (Å²) >= 11 is 0. The van der Waals surface area contributed by atoms with Crippen LogP contribution in [0.15, 0.2) is 18.2 Å². The van der Waals surface area contributed by atoms with Gasteiger partial charge >= 0.3 is 5.97 Å². The number of aryl methyl sites for hydroxylation is 1. The largest absolute Gasteiger partial charge is 0.481 e. The Bertz CT molecular complexity index is 716. The lowest BCUT2D eigenvalue weighted by atomic mass is 10.1. The van der Waals surface area contributed by atoms with E-state index in [-0.39, 0.29) is 36.3 Å². The number of carboxylic acids is 1. The van der Waals surface area contributed by atoms with E-state index in [1.165, 1.54) is 0 Å². The van der Waals surface area contributed by atoms with Crippen LogP contribution in [0.25, 0.3) is 0 Å². The van der Waals surface area contributed by atoms with Crippen LogP contribution >= 0.6 is 0 Å². The number of nitrogens with zero attached hydrogens (tertiary/aromatic N) is 1. The van der Waals surface area contributed by atoms with Gasteiger partial charge in [-0.15, -0.1) is 0 Å². The zero-order valence-corrected chi connectivity index (χ0v) is 16.3. The lowest BCUT2D eigenvalue weighted by Gasteiger charge is -2.23. The van der Waals surface area contributed by atoms with Gasteiger partial charge in [-0.1, -0.05) is 13.8 Å². The Balaban J connectivity index is 2.14. The second-order valence-corrected chi connectivity index (χ2v) is 7.48. The molecule has 2 N–H and O–H groups in total. The number of carbonyl (C=O) groups excluding carboxylic acids is 2. The minimum Gasteiger partial charge on any atom is -0.481 e. The van der Waals surface area contributed by atoms with E-state index >= 15 is 0 Å². The van der Waals surface area contributed by atoms with Crippen molar-refractivity contribution in [3.8, 4) is 0 Å². The summed E-state index contributed by atoms with van der Waals surface area (Å²) in [5, 5.41) is 12.0. The molecule has 2 unspecified atom stereocenters. The standard InChI is InChI=1S/C20H28N2O5/c1-12(2)7-18(23)21-17-6-5-14(8-13(17)3)20(26)22-11-16(27-4)9-15(22)10-19(24)25/h5-6,8,12,15-16H,7,9-11H2,1-4H3,(H,21,23)(H,24,25). The molecular formula is C20H28N2O5. The van der Waals surface area contributed by atoms with Gasteiger partial charge in [0.25, 0.3) is 5.91 Å². The molecule has 0 aromatic heterocycles. The number of aliphatic carboxylic acids is 1. The van der Waals surface area contributed by atoms with Gasteiger partial charge in [0, 0.05) is 37.4 Å². The fraction of sp³-hybridized carbons (Fsp3) is 0.550. The van der Waals surface area contributed by atoms with Gasteiger partial charge in [0.1, 0.15) is 0 Å². The fourth-order valence-electron chi connectivity index (χ4n) is 3.36. The number of benzene rings is 1. The van der Waals surface area contributed by atoms with E-state index in [0.29, 0.717) is 30.6 Å². The number of carbonyl (C=O) groups is 3. The Hall–Kier alpha value is -2.41. The first-order valence-corrected chi connectivity index (χ1v) is 9.17. The summed E-state index contributed by atoms with van der Waals surface area (Å²) in [6.07, 6.45) is 0.683. The monoisotopic (exact) mass is 376 g/mol. The van der Waals surface area contributed by atoms with Gasteiger partial charge in [0.15, 0.2) is 0 Å². The van der Waals surface area contributed by atoms with Crippen LogP contribution in [0.4, 0.5) is 5.69 Å². The zero-order valence-electron chi connectivity index (χ0n) is 16.3.